The van der Waals surface area contributed by atoms with Gasteiger partial charge in [-0.15, -0.1) is 0 Å². The Balaban J connectivity index is 1.66. The number of carbonyl (C=O) groups excluding carboxylic acids is 1. The van der Waals surface area contributed by atoms with Gasteiger partial charge in [-0.3, -0.25) is 9.10 Å². The van der Waals surface area contributed by atoms with Crippen LogP contribution in [0, 0.1) is 0 Å². The quantitative estimate of drug-likeness (QED) is 0.558. The van der Waals surface area contributed by atoms with Crippen molar-refractivity contribution in [3.05, 3.63) is 53.9 Å². The summed E-state index contributed by atoms with van der Waals surface area (Å²) < 4.78 is 40.0. The van der Waals surface area contributed by atoms with Crippen LogP contribution in [0.5, 0.6) is 11.5 Å². The van der Waals surface area contributed by atoms with E-state index in [1.54, 1.807) is 37.4 Å². The van der Waals surface area contributed by atoms with Gasteiger partial charge in [0.15, 0.2) is 0 Å². The lowest BCUT2D eigenvalue weighted by Crippen LogP contribution is -2.25. The average molecular weight is 446 g/mol. The van der Waals surface area contributed by atoms with Crippen LogP contribution in [0.2, 0.25) is 0 Å². The molecular formula is C20H22N4O6S. The van der Waals surface area contributed by atoms with Crippen LogP contribution in [0.15, 0.2) is 47.0 Å². The number of aromatic nitrogens is 2. The van der Waals surface area contributed by atoms with Crippen molar-refractivity contribution in [3.63, 3.8) is 0 Å². The Kier molecular flexibility index (Phi) is 6.44. The maximum absolute atomic E-state index is 12.4. The molecule has 1 amide bonds. The second-order valence-corrected chi connectivity index (χ2v) is 8.55. The number of hydrogen-bond acceptors (Lipinski definition) is 8. The van der Waals surface area contributed by atoms with Crippen LogP contribution in [-0.4, -0.2) is 52.0 Å². The van der Waals surface area contributed by atoms with Crippen molar-refractivity contribution in [1.82, 2.24) is 15.5 Å². The Hall–Kier alpha value is -3.60. The lowest BCUT2D eigenvalue weighted by molar-refractivity contribution is 0.0946. The summed E-state index contributed by atoms with van der Waals surface area (Å²) >= 11 is 0. The van der Waals surface area contributed by atoms with Crippen LogP contribution in [0.25, 0.3) is 11.4 Å². The van der Waals surface area contributed by atoms with Gasteiger partial charge in [0.2, 0.25) is 21.7 Å². The Morgan fingerprint density at radius 1 is 1.13 bits per heavy atom. The summed E-state index contributed by atoms with van der Waals surface area (Å²) in [5.41, 5.74) is 1.44. The minimum absolute atomic E-state index is 0.0231. The van der Waals surface area contributed by atoms with E-state index in [9.17, 15) is 13.2 Å². The van der Waals surface area contributed by atoms with E-state index in [1.807, 2.05) is 0 Å². The van der Waals surface area contributed by atoms with Crippen molar-refractivity contribution in [3.8, 4) is 22.9 Å². The molecule has 164 valence electrons. The number of sulfonamides is 1. The molecule has 1 heterocycles. The van der Waals surface area contributed by atoms with Gasteiger partial charge in [0, 0.05) is 18.7 Å². The highest BCUT2D eigenvalue weighted by atomic mass is 32.2. The van der Waals surface area contributed by atoms with Gasteiger partial charge in [-0.05, 0) is 36.4 Å². The standard InChI is InChI=1S/C20H22N4O6S/c1-24(31(4,26)27)14-7-5-13(6-8-14)20(25)21-12-18-22-19(23-30-18)16-10-9-15(28-2)11-17(16)29-3/h5-11H,12H2,1-4H3,(H,21,25). The Morgan fingerprint density at radius 2 is 1.84 bits per heavy atom. The van der Waals surface area contributed by atoms with Crippen LogP contribution in [0.3, 0.4) is 0 Å². The van der Waals surface area contributed by atoms with E-state index in [-0.39, 0.29) is 18.3 Å². The van der Waals surface area contributed by atoms with E-state index in [2.05, 4.69) is 15.5 Å². The van der Waals surface area contributed by atoms with E-state index in [4.69, 9.17) is 14.0 Å². The van der Waals surface area contributed by atoms with Gasteiger partial charge in [0.25, 0.3) is 5.91 Å². The monoisotopic (exact) mass is 446 g/mol. The van der Waals surface area contributed by atoms with Gasteiger partial charge in [-0.2, -0.15) is 4.98 Å². The molecule has 3 aromatic rings. The highest BCUT2D eigenvalue weighted by Gasteiger charge is 2.16. The minimum Gasteiger partial charge on any atom is -0.497 e. The Labute approximate surface area is 179 Å². The third-order valence-corrected chi connectivity index (χ3v) is 5.71. The molecule has 3 rings (SSSR count). The number of ether oxygens (including phenoxy) is 2. The summed E-state index contributed by atoms with van der Waals surface area (Å²) in [7, 11) is 1.15. The smallest absolute Gasteiger partial charge is 0.251 e. The average Bonchev–Trinajstić information content (AvgIpc) is 3.24. The van der Waals surface area contributed by atoms with Crippen molar-refractivity contribution in [2.24, 2.45) is 0 Å². The number of hydrogen-bond donors (Lipinski definition) is 1. The molecule has 2 aromatic carbocycles. The zero-order valence-corrected chi connectivity index (χ0v) is 18.3. The first-order valence-electron chi connectivity index (χ1n) is 9.10. The highest BCUT2D eigenvalue weighted by Crippen LogP contribution is 2.31. The Bertz CT molecular complexity index is 1170. The molecule has 0 radical (unpaired) electrons. The van der Waals surface area contributed by atoms with E-state index in [1.165, 1.54) is 26.3 Å². The molecule has 0 unspecified atom stereocenters. The largest absolute Gasteiger partial charge is 0.497 e. The number of anilines is 1. The Morgan fingerprint density at radius 3 is 2.45 bits per heavy atom. The molecule has 0 saturated carbocycles. The summed E-state index contributed by atoms with van der Waals surface area (Å²) in [6.07, 6.45) is 1.10. The summed E-state index contributed by atoms with van der Waals surface area (Å²) in [5, 5.41) is 6.62. The molecule has 0 bridgehead atoms. The van der Waals surface area contributed by atoms with Gasteiger partial charge >= 0.3 is 0 Å². The molecule has 0 saturated heterocycles. The first-order valence-corrected chi connectivity index (χ1v) is 10.9. The number of benzene rings is 2. The normalized spacial score (nSPS) is 11.1. The maximum atomic E-state index is 12.4. The lowest BCUT2D eigenvalue weighted by atomic mass is 10.2. The first kappa shape index (κ1) is 22.1. The number of rotatable bonds is 8. The van der Waals surface area contributed by atoms with Crippen LogP contribution in [0.1, 0.15) is 16.2 Å². The van der Waals surface area contributed by atoms with Crippen LogP contribution < -0.4 is 19.1 Å². The number of methoxy groups -OCH3 is 2. The number of amides is 1. The van der Waals surface area contributed by atoms with Crippen molar-refractivity contribution in [1.29, 1.82) is 0 Å². The molecule has 0 atom stereocenters. The summed E-state index contributed by atoms with van der Waals surface area (Å²) in [6.45, 7) is 0.0231. The molecular weight excluding hydrogens is 424 g/mol. The predicted octanol–water partition coefficient (Wildman–Crippen LogP) is 2.08. The minimum atomic E-state index is -3.38. The highest BCUT2D eigenvalue weighted by molar-refractivity contribution is 7.92. The van der Waals surface area contributed by atoms with Gasteiger partial charge in [-0.25, -0.2) is 8.42 Å². The summed E-state index contributed by atoms with van der Waals surface area (Å²) in [5.74, 6) is 1.32. The zero-order valence-electron chi connectivity index (χ0n) is 17.4. The third-order valence-electron chi connectivity index (χ3n) is 4.51. The second-order valence-electron chi connectivity index (χ2n) is 6.54. The molecule has 31 heavy (non-hydrogen) atoms. The molecule has 0 aliphatic carbocycles. The number of carbonyl (C=O) groups is 1. The topological polar surface area (TPSA) is 124 Å². The fraction of sp³-hybridized carbons (Fsp3) is 0.250. The summed E-state index contributed by atoms with van der Waals surface area (Å²) in [4.78, 5) is 16.7. The SMILES string of the molecule is COc1ccc(-c2noc(CNC(=O)c3ccc(N(C)S(C)(=O)=O)cc3)n2)c(OC)c1. The molecule has 0 spiro atoms. The zero-order chi connectivity index (χ0) is 22.6. The van der Waals surface area contributed by atoms with Gasteiger partial charge in [-0.1, -0.05) is 5.16 Å². The first-order chi connectivity index (χ1) is 14.7. The van der Waals surface area contributed by atoms with Crippen molar-refractivity contribution < 1.29 is 27.2 Å². The molecule has 0 fully saturated rings. The molecule has 1 N–H and O–H groups in total. The summed E-state index contributed by atoms with van der Waals surface area (Å²) in [6, 6.07) is 11.4. The third kappa shape index (κ3) is 5.12. The van der Waals surface area contributed by atoms with Crippen LogP contribution in [-0.2, 0) is 16.6 Å². The molecule has 0 aliphatic rings. The van der Waals surface area contributed by atoms with Crippen LogP contribution in [0.4, 0.5) is 5.69 Å². The van der Waals surface area contributed by atoms with E-state index < -0.39 is 10.0 Å². The molecule has 10 nitrogen and oxygen atoms in total. The number of nitrogens with zero attached hydrogens (tertiary/aromatic N) is 3. The maximum Gasteiger partial charge on any atom is 0.251 e. The second kappa shape index (κ2) is 9.04. The van der Waals surface area contributed by atoms with Gasteiger partial charge in [0.1, 0.15) is 11.5 Å². The van der Waals surface area contributed by atoms with Crippen molar-refractivity contribution in [2.45, 2.75) is 6.54 Å². The molecule has 0 aliphatic heterocycles. The number of nitrogens with one attached hydrogen (secondary N) is 1. The van der Waals surface area contributed by atoms with Crippen LogP contribution >= 0.6 is 0 Å². The van der Waals surface area contributed by atoms with Crippen molar-refractivity contribution in [2.75, 3.05) is 31.8 Å². The van der Waals surface area contributed by atoms with Gasteiger partial charge < -0.3 is 19.3 Å². The van der Waals surface area contributed by atoms with E-state index in [0.717, 1.165) is 10.6 Å². The van der Waals surface area contributed by atoms with Crippen molar-refractivity contribution >= 4 is 21.6 Å². The molecule has 11 heteroatoms. The molecule has 1 aromatic heterocycles. The van der Waals surface area contributed by atoms with Gasteiger partial charge in [0.05, 0.1) is 38.3 Å². The fourth-order valence-electron chi connectivity index (χ4n) is 2.69. The fourth-order valence-corrected chi connectivity index (χ4v) is 3.20. The predicted molar refractivity (Wildman–Crippen MR) is 114 cm³/mol. The van der Waals surface area contributed by atoms with E-state index >= 15 is 0 Å². The lowest BCUT2D eigenvalue weighted by Gasteiger charge is -2.16. The van der Waals surface area contributed by atoms with E-state index in [0.29, 0.717) is 34.1 Å².